The van der Waals surface area contributed by atoms with E-state index in [9.17, 15) is 4.79 Å². The number of fused-ring (bicyclic) bond motifs is 1. The quantitative estimate of drug-likeness (QED) is 0.877. The molecule has 0 radical (unpaired) electrons. The average Bonchev–Trinajstić information content (AvgIpc) is 2.88. The molecular weight excluding hydrogens is 236 g/mol. The van der Waals surface area contributed by atoms with E-state index in [-0.39, 0.29) is 5.92 Å². The van der Waals surface area contributed by atoms with Crippen LogP contribution < -0.4 is 4.90 Å². The molecule has 92 valence electrons. The molecule has 5 heteroatoms. The fraction of sp³-hybridized carbons (Fsp3) is 0.667. The minimum Gasteiger partial charge on any atom is -0.481 e. The van der Waals surface area contributed by atoms with Crippen LogP contribution in [0.3, 0.4) is 0 Å². The molecule has 2 aliphatic rings. The van der Waals surface area contributed by atoms with Crippen LogP contribution in [-0.2, 0) is 11.2 Å². The van der Waals surface area contributed by atoms with Crippen molar-refractivity contribution in [2.45, 2.75) is 38.0 Å². The number of carboxylic acids is 1. The monoisotopic (exact) mass is 252 g/mol. The molecule has 3 rings (SSSR count). The number of aliphatic carboxylic acids is 1. The van der Waals surface area contributed by atoms with Gasteiger partial charge >= 0.3 is 5.97 Å². The van der Waals surface area contributed by atoms with Gasteiger partial charge in [-0.1, -0.05) is 0 Å². The van der Waals surface area contributed by atoms with Gasteiger partial charge < -0.3 is 10.0 Å². The van der Waals surface area contributed by atoms with Gasteiger partial charge in [0.15, 0.2) is 5.13 Å². The number of anilines is 1. The van der Waals surface area contributed by atoms with E-state index in [2.05, 4.69) is 9.88 Å². The minimum absolute atomic E-state index is 0.361. The first-order valence-corrected chi connectivity index (χ1v) is 7.04. The summed E-state index contributed by atoms with van der Waals surface area (Å²) in [6, 6.07) is 0. The molecule has 1 atom stereocenters. The number of hydrogen-bond acceptors (Lipinski definition) is 4. The Labute approximate surface area is 104 Å². The zero-order valence-corrected chi connectivity index (χ0v) is 10.5. The fourth-order valence-electron chi connectivity index (χ4n) is 2.68. The number of thiazole rings is 1. The van der Waals surface area contributed by atoms with Crippen molar-refractivity contribution >= 4 is 22.4 Å². The molecule has 0 spiro atoms. The summed E-state index contributed by atoms with van der Waals surface area (Å²) in [5, 5.41) is 10.2. The molecule has 17 heavy (non-hydrogen) atoms. The van der Waals surface area contributed by atoms with Crippen LogP contribution >= 0.6 is 11.3 Å². The van der Waals surface area contributed by atoms with Gasteiger partial charge in [-0.05, 0) is 32.1 Å². The van der Waals surface area contributed by atoms with Gasteiger partial charge in [-0.25, -0.2) is 4.98 Å². The third kappa shape index (κ3) is 1.92. The highest BCUT2D eigenvalue weighted by Crippen LogP contribution is 2.40. The topological polar surface area (TPSA) is 53.4 Å². The predicted molar refractivity (Wildman–Crippen MR) is 66.9 cm³/mol. The summed E-state index contributed by atoms with van der Waals surface area (Å²) < 4.78 is 0. The molecule has 1 aromatic heterocycles. The lowest BCUT2D eigenvalue weighted by molar-refractivity contribution is -0.138. The van der Waals surface area contributed by atoms with Crippen molar-refractivity contribution in [2.75, 3.05) is 18.0 Å². The van der Waals surface area contributed by atoms with Crippen molar-refractivity contribution in [3.63, 3.8) is 0 Å². The smallest absolute Gasteiger partial charge is 0.312 e. The maximum atomic E-state index is 11.1. The van der Waals surface area contributed by atoms with Crippen LogP contribution in [0.1, 0.15) is 42.2 Å². The summed E-state index contributed by atoms with van der Waals surface area (Å²) >= 11 is 1.70. The number of aromatic nitrogens is 1. The van der Waals surface area contributed by atoms with Crippen molar-refractivity contribution < 1.29 is 9.90 Å². The summed E-state index contributed by atoms with van der Waals surface area (Å²) in [6.07, 6.45) is 5.38. The Hall–Kier alpha value is -1.10. The second kappa shape index (κ2) is 4.29. The Bertz CT molecular complexity index is 438. The van der Waals surface area contributed by atoms with Crippen LogP contribution in [-0.4, -0.2) is 29.1 Å². The zero-order chi connectivity index (χ0) is 11.8. The number of aryl methyl sites for hydroxylation is 1. The molecule has 1 aliphatic heterocycles. The van der Waals surface area contributed by atoms with Crippen LogP contribution in [0.25, 0.3) is 0 Å². The van der Waals surface area contributed by atoms with E-state index in [1.54, 1.807) is 11.3 Å². The first kappa shape index (κ1) is 11.0. The lowest BCUT2D eigenvalue weighted by Gasteiger charge is -2.26. The highest BCUT2D eigenvalue weighted by Gasteiger charge is 2.33. The number of carboxylic acid groups (broad SMARTS) is 1. The molecule has 0 aromatic carbocycles. The Morgan fingerprint density at radius 1 is 1.35 bits per heavy atom. The Morgan fingerprint density at radius 2 is 2.12 bits per heavy atom. The van der Waals surface area contributed by atoms with E-state index in [0.717, 1.165) is 36.8 Å². The second-order valence-corrected chi connectivity index (χ2v) is 5.84. The SMILES string of the molecule is O=C(O)C1CCc2sc(N3CCCCC3)nc21. The van der Waals surface area contributed by atoms with E-state index in [1.165, 1.54) is 24.1 Å². The number of piperidine rings is 1. The molecule has 1 fully saturated rings. The van der Waals surface area contributed by atoms with Gasteiger partial charge in [0, 0.05) is 18.0 Å². The number of hydrogen-bond donors (Lipinski definition) is 1. The number of carbonyl (C=O) groups is 1. The fourth-order valence-corrected chi connectivity index (χ4v) is 3.86. The van der Waals surface area contributed by atoms with Gasteiger partial charge in [0.1, 0.15) is 5.92 Å². The molecule has 0 saturated carbocycles. The van der Waals surface area contributed by atoms with Crippen molar-refractivity contribution in [3.8, 4) is 0 Å². The highest BCUT2D eigenvalue weighted by molar-refractivity contribution is 7.15. The maximum Gasteiger partial charge on any atom is 0.312 e. The van der Waals surface area contributed by atoms with E-state index < -0.39 is 5.97 Å². The van der Waals surface area contributed by atoms with Gasteiger partial charge in [-0.3, -0.25) is 4.79 Å². The van der Waals surface area contributed by atoms with Crippen LogP contribution in [0.5, 0.6) is 0 Å². The standard InChI is InChI=1S/C12H16N2O2S/c15-11(16)8-4-5-9-10(8)13-12(17-9)14-6-2-1-3-7-14/h8H,1-7H2,(H,15,16). The van der Waals surface area contributed by atoms with Crippen LogP contribution in [0.4, 0.5) is 5.13 Å². The second-order valence-electron chi connectivity index (χ2n) is 4.78. The Balaban J connectivity index is 1.84. The number of rotatable bonds is 2. The van der Waals surface area contributed by atoms with Crippen molar-refractivity contribution in [1.29, 1.82) is 0 Å². The average molecular weight is 252 g/mol. The summed E-state index contributed by atoms with van der Waals surface area (Å²) in [5.41, 5.74) is 0.836. The van der Waals surface area contributed by atoms with Gasteiger partial charge in [0.05, 0.1) is 5.69 Å². The van der Waals surface area contributed by atoms with Crippen molar-refractivity contribution in [3.05, 3.63) is 10.6 Å². The van der Waals surface area contributed by atoms with E-state index in [1.807, 2.05) is 0 Å². The molecular formula is C12H16N2O2S. The van der Waals surface area contributed by atoms with Crippen LogP contribution in [0.2, 0.25) is 0 Å². The van der Waals surface area contributed by atoms with E-state index >= 15 is 0 Å². The predicted octanol–water partition coefficient (Wildman–Crippen LogP) is 2.25. The molecule has 1 saturated heterocycles. The molecule has 1 aromatic rings. The normalized spacial score (nSPS) is 23.8. The summed E-state index contributed by atoms with van der Waals surface area (Å²) in [7, 11) is 0. The third-order valence-electron chi connectivity index (χ3n) is 3.63. The van der Waals surface area contributed by atoms with Gasteiger partial charge in [0.2, 0.25) is 0 Å². The zero-order valence-electron chi connectivity index (χ0n) is 9.69. The minimum atomic E-state index is -0.723. The van der Waals surface area contributed by atoms with E-state index in [4.69, 9.17) is 5.11 Å². The maximum absolute atomic E-state index is 11.1. The van der Waals surface area contributed by atoms with Crippen LogP contribution in [0, 0.1) is 0 Å². The van der Waals surface area contributed by atoms with Crippen molar-refractivity contribution in [1.82, 2.24) is 4.98 Å². The lowest BCUT2D eigenvalue weighted by Crippen LogP contribution is -2.29. The van der Waals surface area contributed by atoms with Gasteiger partial charge in [-0.2, -0.15) is 0 Å². The van der Waals surface area contributed by atoms with Crippen molar-refractivity contribution in [2.24, 2.45) is 0 Å². The molecule has 1 unspecified atom stereocenters. The molecule has 2 heterocycles. The lowest BCUT2D eigenvalue weighted by atomic mass is 10.1. The largest absolute Gasteiger partial charge is 0.481 e. The highest BCUT2D eigenvalue weighted by atomic mass is 32.1. The van der Waals surface area contributed by atoms with E-state index in [0.29, 0.717) is 0 Å². The Kier molecular flexibility index (Phi) is 2.78. The Morgan fingerprint density at radius 3 is 2.82 bits per heavy atom. The van der Waals surface area contributed by atoms with Gasteiger partial charge in [-0.15, -0.1) is 11.3 Å². The summed E-state index contributed by atoms with van der Waals surface area (Å²) in [4.78, 5) is 19.2. The van der Waals surface area contributed by atoms with Gasteiger partial charge in [0.25, 0.3) is 0 Å². The summed E-state index contributed by atoms with van der Waals surface area (Å²) in [6.45, 7) is 2.15. The summed E-state index contributed by atoms with van der Waals surface area (Å²) in [5.74, 6) is -1.08. The molecule has 4 nitrogen and oxygen atoms in total. The number of nitrogens with zero attached hydrogens (tertiary/aromatic N) is 2. The third-order valence-corrected chi connectivity index (χ3v) is 4.82. The molecule has 1 N–H and O–H groups in total. The first-order valence-electron chi connectivity index (χ1n) is 6.23. The molecule has 0 bridgehead atoms. The molecule has 0 amide bonds. The molecule has 1 aliphatic carbocycles. The first-order chi connectivity index (χ1) is 8.25. The van der Waals surface area contributed by atoms with Crippen LogP contribution in [0.15, 0.2) is 0 Å².